The smallest absolute Gasteiger partial charge is 0.0492 e. The first-order valence-corrected chi connectivity index (χ1v) is 8.77. The van der Waals surface area contributed by atoms with Crippen LogP contribution in [0.2, 0.25) is 0 Å². The van der Waals surface area contributed by atoms with Gasteiger partial charge in [-0.25, -0.2) is 0 Å². The molecule has 3 rings (SSSR count). The first-order valence-electron chi connectivity index (χ1n) is 7.97. The van der Waals surface area contributed by atoms with Gasteiger partial charge in [-0.05, 0) is 30.7 Å². The van der Waals surface area contributed by atoms with Crippen LogP contribution in [0.15, 0.2) is 46.9 Å². The average Bonchev–Trinajstić information content (AvgIpc) is 2.81. The SMILES string of the molecule is CCCCCCCn1c2ccccc2c2cc(Br)ccc21. The molecule has 0 unspecified atom stereocenters. The lowest BCUT2D eigenvalue weighted by Crippen LogP contribution is -1.97. The number of halogens is 1. The zero-order valence-electron chi connectivity index (χ0n) is 12.6. The molecule has 1 nitrogen and oxygen atoms in total. The Balaban J connectivity index is 1.95. The van der Waals surface area contributed by atoms with Gasteiger partial charge in [-0.3, -0.25) is 0 Å². The molecule has 0 aliphatic rings. The summed E-state index contributed by atoms with van der Waals surface area (Å²) in [5.74, 6) is 0. The summed E-state index contributed by atoms with van der Waals surface area (Å²) in [6.45, 7) is 3.39. The fourth-order valence-electron chi connectivity index (χ4n) is 3.14. The highest BCUT2D eigenvalue weighted by Crippen LogP contribution is 2.31. The van der Waals surface area contributed by atoms with Gasteiger partial charge in [0, 0.05) is 32.8 Å². The van der Waals surface area contributed by atoms with Crippen molar-refractivity contribution in [3.63, 3.8) is 0 Å². The molecule has 2 heteroatoms. The maximum absolute atomic E-state index is 3.60. The minimum absolute atomic E-state index is 1.12. The van der Waals surface area contributed by atoms with Crippen LogP contribution in [0.1, 0.15) is 39.0 Å². The van der Waals surface area contributed by atoms with Crippen molar-refractivity contribution in [1.29, 1.82) is 0 Å². The van der Waals surface area contributed by atoms with E-state index in [1.54, 1.807) is 0 Å². The topological polar surface area (TPSA) is 4.93 Å². The minimum atomic E-state index is 1.12. The molecule has 21 heavy (non-hydrogen) atoms. The number of hydrogen-bond acceptors (Lipinski definition) is 0. The van der Waals surface area contributed by atoms with Crippen LogP contribution in [0.25, 0.3) is 21.8 Å². The van der Waals surface area contributed by atoms with Crippen molar-refractivity contribution in [2.45, 2.75) is 45.6 Å². The molecule has 0 saturated carbocycles. The van der Waals surface area contributed by atoms with E-state index in [0.717, 1.165) is 11.0 Å². The van der Waals surface area contributed by atoms with Gasteiger partial charge in [-0.2, -0.15) is 0 Å². The molecule has 0 N–H and O–H groups in total. The third kappa shape index (κ3) is 3.01. The van der Waals surface area contributed by atoms with Gasteiger partial charge < -0.3 is 4.57 Å². The van der Waals surface area contributed by atoms with Gasteiger partial charge in [-0.1, -0.05) is 66.7 Å². The van der Waals surface area contributed by atoms with Crippen molar-refractivity contribution in [3.8, 4) is 0 Å². The van der Waals surface area contributed by atoms with Crippen LogP contribution in [0.4, 0.5) is 0 Å². The number of aromatic nitrogens is 1. The summed E-state index contributed by atoms with van der Waals surface area (Å²) in [6, 6.07) is 15.4. The van der Waals surface area contributed by atoms with Gasteiger partial charge >= 0.3 is 0 Å². The van der Waals surface area contributed by atoms with E-state index in [9.17, 15) is 0 Å². The van der Waals surface area contributed by atoms with Crippen molar-refractivity contribution in [2.75, 3.05) is 0 Å². The maximum Gasteiger partial charge on any atom is 0.0492 e. The first-order chi connectivity index (χ1) is 10.3. The average molecular weight is 344 g/mol. The highest BCUT2D eigenvalue weighted by Gasteiger charge is 2.09. The van der Waals surface area contributed by atoms with E-state index in [1.807, 2.05) is 0 Å². The quantitative estimate of drug-likeness (QED) is 0.448. The van der Waals surface area contributed by atoms with Crippen molar-refractivity contribution < 1.29 is 0 Å². The Morgan fingerprint density at radius 3 is 2.48 bits per heavy atom. The van der Waals surface area contributed by atoms with Crippen molar-refractivity contribution in [3.05, 3.63) is 46.9 Å². The monoisotopic (exact) mass is 343 g/mol. The molecular weight excluding hydrogens is 322 g/mol. The predicted octanol–water partition coefficient (Wildman–Crippen LogP) is 6.53. The number of benzene rings is 2. The van der Waals surface area contributed by atoms with Crippen LogP contribution in [-0.4, -0.2) is 4.57 Å². The van der Waals surface area contributed by atoms with Crippen LogP contribution in [0.3, 0.4) is 0 Å². The summed E-state index contributed by atoms with van der Waals surface area (Å²) >= 11 is 3.60. The van der Waals surface area contributed by atoms with Crippen LogP contribution in [0.5, 0.6) is 0 Å². The Labute approximate surface area is 135 Å². The number of hydrogen-bond donors (Lipinski definition) is 0. The number of rotatable bonds is 6. The van der Waals surface area contributed by atoms with Gasteiger partial charge in [0.25, 0.3) is 0 Å². The predicted molar refractivity (Wildman–Crippen MR) is 95.9 cm³/mol. The molecule has 0 atom stereocenters. The van der Waals surface area contributed by atoms with E-state index in [-0.39, 0.29) is 0 Å². The summed E-state index contributed by atoms with van der Waals surface area (Å²) < 4.78 is 3.64. The fourth-order valence-corrected chi connectivity index (χ4v) is 3.50. The molecule has 2 aromatic carbocycles. The van der Waals surface area contributed by atoms with E-state index in [2.05, 4.69) is 69.9 Å². The molecule has 1 aromatic heterocycles. The molecule has 0 spiro atoms. The lowest BCUT2D eigenvalue weighted by atomic mass is 10.1. The highest BCUT2D eigenvalue weighted by molar-refractivity contribution is 9.10. The van der Waals surface area contributed by atoms with Crippen molar-refractivity contribution in [1.82, 2.24) is 4.57 Å². The number of nitrogens with zero attached hydrogens (tertiary/aromatic N) is 1. The zero-order valence-corrected chi connectivity index (χ0v) is 14.2. The molecule has 0 aliphatic carbocycles. The fraction of sp³-hybridized carbons (Fsp3) is 0.368. The highest BCUT2D eigenvalue weighted by atomic mass is 79.9. The van der Waals surface area contributed by atoms with Crippen molar-refractivity contribution in [2.24, 2.45) is 0 Å². The minimum Gasteiger partial charge on any atom is -0.340 e. The number of aryl methyl sites for hydroxylation is 1. The molecule has 110 valence electrons. The lowest BCUT2D eigenvalue weighted by Gasteiger charge is -2.07. The van der Waals surface area contributed by atoms with Crippen molar-refractivity contribution >= 4 is 37.7 Å². The summed E-state index contributed by atoms with van der Waals surface area (Å²) in [7, 11) is 0. The number of fused-ring (bicyclic) bond motifs is 3. The van der Waals surface area contributed by atoms with E-state index in [1.165, 1.54) is 53.9 Å². The van der Waals surface area contributed by atoms with Crippen LogP contribution in [-0.2, 0) is 6.54 Å². The summed E-state index contributed by atoms with van der Waals surface area (Å²) in [4.78, 5) is 0. The van der Waals surface area contributed by atoms with E-state index >= 15 is 0 Å². The summed E-state index contributed by atoms with van der Waals surface area (Å²) in [6.07, 6.45) is 6.63. The molecule has 1 heterocycles. The third-order valence-electron chi connectivity index (χ3n) is 4.22. The molecule has 0 fully saturated rings. The van der Waals surface area contributed by atoms with Crippen LogP contribution >= 0.6 is 15.9 Å². The van der Waals surface area contributed by atoms with Gasteiger partial charge in [0.2, 0.25) is 0 Å². The summed E-state index contributed by atoms with van der Waals surface area (Å²) in [5, 5.41) is 2.72. The van der Waals surface area contributed by atoms with Crippen LogP contribution < -0.4 is 0 Å². The first kappa shape index (κ1) is 14.6. The molecule has 0 bridgehead atoms. The van der Waals surface area contributed by atoms with Gasteiger partial charge in [0.05, 0.1) is 0 Å². The van der Waals surface area contributed by atoms with E-state index < -0.39 is 0 Å². The standard InChI is InChI=1S/C19H22BrN/c1-2-3-4-5-8-13-21-18-10-7-6-9-16(18)17-14-15(20)11-12-19(17)21/h6-7,9-12,14H,2-5,8,13H2,1H3. The summed E-state index contributed by atoms with van der Waals surface area (Å²) in [5.41, 5.74) is 2.72. The number of para-hydroxylation sites is 1. The Morgan fingerprint density at radius 2 is 1.62 bits per heavy atom. The zero-order chi connectivity index (χ0) is 14.7. The molecule has 0 saturated heterocycles. The molecule has 0 aliphatic heterocycles. The molecule has 0 radical (unpaired) electrons. The number of unbranched alkanes of at least 4 members (excludes halogenated alkanes) is 4. The van der Waals surface area contributed by atoms with E-state index in [0.29, 0.717) is 0 Å². The maximum atomic E-state index is 3.60. The lowest BCUT2D eigenvalue weighted by molar-refractivity contribution is 0.584. The third-order valence-corrected chi connectivity index (χ3v) is 4.71. The molecule has 3 aromatic rings. The molecule has 0 amide bonds. The van der Waals surface area contributed by atoms with E-state index in [4.69, 9.17) is 0 Å². The second-order valence-corrected chi connectivity index (χ2v) is 6.66. The Bertz CT molecular complexity index is 742. The molecular formula is C19H22BrN. The van der Waals surface area contributed by atoms with Gasteiger partial charge in [0.15, 0.2) is 0 Å². The van der Waals surface area contributed by atoms with Crippen LogP contribution in [0, 0.1) is 0 Å². The second-order valence-electron chi connectivity index (χ2n) is 5.74. The van der Waals surface area contributed by atoms with Gasteiger partial charge in [-0.15, -0.1) is 0 Å². The second kappa shape index (κ2) is 6.65. The normalized spacial score (nSPS) is 11.5. The Kier molecular flexibility index (Phi) is 4.64. The Hall–Kier alpha value is -1.28. The van der Waals surface area contributed by atoms with Gasteiger partial charge in [0.1, 0.15) is 0 Å². The Morgan fingerprint density at radius 1 is 0.857 bits per heavy atom. The largest absolute Gasteiger partial charge is 0.340 e.